The highest BCUT2D eigenvalue weighted by Crippen LogP contribution is 2.21. The van der Waals surface area contributed by atoms with Crippen LogP contribution in [-0.2, 0) is 0 Å². The van der Waals surface area contributed by atoms with Gasteiger partial charge in [-0.25, -0.2) is 18.7 Å². The van der Waals surface area contributed by atoms with E-state index in [2.05, 4.69) is 20.6 Å². The fourth-order valence-corrected chi connectivity index (χ4v) is 2.34. The van der Waals surface area contributed by atoms with E-state index in [9.17, 15) is 13.6 Å². The minimum Gasteiger partial charge on any atom is -0.322 e. The van der Waals surface area contributed by atoms with Crippen molar-refractivity contribution in [1.29, 1.82) is 0 Å². The molecule has 0 aliphatic heterocycles. The maximum Gasteiger partial charge on any atom is 0.274 e. The van der Waals surface area contributed by atoms with Crippen molar-refractivity contribution < 1.29 is 13.6 Å². The quantitative estimate of drug-likeness (QED) is 0.694. The second-order valence-electron chi connectivity index (χ2n) is 5.43. The largest absolute Gasteiger partial charge is 0.322 e. The van der Waals surface area contributed by atoms with Crippen LogP contribution in [0.2, 0.25) is 5.02 Å². The summed E-state index contributed by atoms with van der Waals surface area (Å²) in [5, 5.41) is 5.81. The van der Waals surface area contributed by atoms with Gasteiger partial charge in [0.1, 0.15) is 17.3 Å². The van der Waals surface area contributed by atoms with Crippen molar-refractivity contribution in [1.82, 2.24) is 9.97 Å². The Bertz CT molecular complexity index is 981. The van der Waals surface area contributed by atoms with Crippen molar-refractivity contribution in [2.45, 2.75) is 6.92 Å². The maximum absolute atomic E-state index is 13.7. The predicted molar refractivity (Wildman–Crippen MR) is 95.8 cm³/mol. The average Bonchev–Trinajstić information content (AvgIpc) is 2.61. The Hall–Kier alpha value is -3.06. The van der Waals surface area contributed by atoms with Gasteiger partial charge in [-0.1, -0.05) is 17.7 Å². The van der Waals surface area contributed by atoms with E-state index in [1.54, 1.807) is 18.2 Å². The van der Waals surface area contributed by atoms with Crippen molar-refractivity contribution in [3.8, 4) is 0 Å². The highest BCUT2D eigenvalue weighted by Gasteiger charge is 2.12. The Morgan fingerprint density at radius 2 is 1.88 bits per heavy atom. The number of anilines is 3. The number of rotatable bonds is 4. The molecule has 0 bridgehead atoms. The maximum atomic E-state index is 13.7. The third-order valence-electron chi connectivity index (χ3n) is 3.51. The molecule has 0 aliphatic carbocycles. The molecule has 1 aromatic heterocycles. The summed E-state index contributed by atoms with van der Waals surface area (Å²) in [6.07, 6.45) is 1.36. The molecule has 0 saturated heterocycles. The SMILES string of the molecule is Cc1ccc(Cl)cc1NC(=O)c1ccnc(Nc2ccc(F)cc2F)n1. The van der Waals surface area contributed by atoms with Gasteiger partial charge in [0.15, 0.2) is 0 Å². The number of carbonyl (C=O) groups excluding carboxylic acids is 1. The Morgan fingerprint density at radius 1 is 1.08 bits per heavy atom. The number of amides is 1. The summed E-state index contributed by atoms with van der Waals surface area (Å²) in [6.45, 7) is 1.83. The van der Waals surface area contributed by atoms with Crippen LogP contribution in [0.15, 0.2) is 48.7 Å². The van der Waals surface area contributed by atoms with Crippen LogP contribution in [0.4, 0.5) is 26.1 Å². The molecule has 0 saturated carbocycles. The van der Waals surface area contributed by atoms with Crippen molar-refractivity contribution in [2.75, 3.05) is 10.6 Å². The summed E-state index contributed by atoms with van der Waals surface area (Å²) >= 11 is 5.94. The molecule has 0 atom stereocenters. The normalized spacial score (nSPS) is 10.5. The number of halogens is 3. The number of hydrogen-bond donors (Lipinski definition) is 2. The second-order valence-corrected chi connectivity index (χ2v) is 5.86. The van der Waals surface area contributed by atoms with Gasteiger partial charge in [0.2, 0.25) is 5.95 Å². The summed E-state index contributed by atoms with van der Waals surface area (Å²) in [5.74, 6) is -1.96. The van der Waals surface area contributed by atoms with Gasteiger partial charge < -0.3 is 10.6 Å². The lowest BCUT2D eigenvalue weighted by Gasteiger charge is -2.10. The van der Waals surface area contributed by atoms with Gasteiger partial charge in [0.05, 0.1) is 5.69 Å². The number of benzene rings is 2. The topological polar surface area (TPSA) is 66.9 Å². The fraction of sp³-hybridized carbons (Fsp3) is 0.0556. The lowest BCUT2D eigenvalue weighted by Crippen LogP contribution is -2.15. The van der Waals surface area contributed by atoms with Gasteiger partial charge in [-0.15, -0.1) is 0 Å². The van der Waals surface area contributed by atoms with Crippen molar-refractivity contribution in [2.24, 2.45) is 0 Å². The molecule has 0 unspecified atom stereocenters. The Morgan fingerprint density at radius 3 is 2.65 bits per heavy atom. The molecular weight excluding hydrogens is 362 g/mol. The van der Waals surface area contributed by atoms with Crippen molar-refractivity contribution in [3.05, 3.63) is 76.6 Å². The second kappa shape index (κ2) is 7.45. The number of nitrogens with zero attached hydrogens (tertiary/aromatic N) is 2. The first kappa shape index (κ1) is 17.8. The Balaban J connectivity index is 1.80. The highest BCUT2D eigenvalue weighted by molar-refractivity contribution is 6.31. The lowest BCUT2D eigenvalue weighted by atomic mass is 10.2. The molecule has 132 valence electrons. The van der Waals surface area contributed by atoms with Crippen LogP contribution in [0.1, 0.15) is 16.1 Å². The van der Waals surface area contributed by atoms with Crippen LogP contribution in [0.5, 0.6) is 0 Å². The van der Waals surface area contributed by atoms with E-state index < -0.39 is 17.5 Å². The van der Waals surface area contributed by atoms with Gasteiger partial charge >= 0.3 is 0 Å². The number of hydrogen-bond acceptors (Lipinski definition) is 4. The van der Waals surface area contributed by atoms with Gasteiger partial charge in [-0.05, 0) is 42.8 Å². The molecule has 0 fully saturated rings. The van der Waals surface area contributed by atoms with E-state index in [1.807, 2.05) is 6.92 Å². The number of nitrogens with one attached hydrogen (secondary N) is 2. The minimum absolute atomic E-state index is 0.00496. The summed E-state index contributed by atoms with van der Waals surface area (Å²) in [7, 11) is 0. The summed E-state index contributed by atoms with van der Waals surface area (Å²) in [4.78, 5) is 20.4. The van der Waals surface area contributed by atoms with E-state index in [4.69, 9.17) is 11.6 Å². The highest BCUT2D eigenvalue weighted by atomic mass is 35.5. The summed E-state index contributed by atoms with van der Waals surface area (Å²) in [6, 6.07) is 9.60. The van der Waals surface area contributed by atoms with Crippen molar-refractivity contribution >= 4 is 34.8 Å². The molecule has 8 heteroatoms. The molecule has 5 nitrogen and oxygen atoms in total. The standard InChI is InChI=1S/C18H13ClF2N4O/c1-10-2-3-11(19)8-16(10)23-17(26)15-6-7-22-18(25-15)24-14-5-4-12(20)9-13(14)21/h2-9H,1H3,(H,23,26)(H,22,24,25). The predicted octanol–water partition coefficient (Wildman–Crippen LogP) is 4.71. The Kier molecular flexibility index (Phi) is 5.09. The lowest BCUT2D eigenvalue weighted by molar-refractivity contribution is 0.102. The summed E-state index contributed by atoms with van der Waals surface area (Å²) < 4.78 is 26.7. The molecule has 1 amide bonds. The van der Waals surface area contributed by atoms with E-state index in [0.717, 1.165) is 17.7 Å². The molecule has 0 radical (unpaired) electrons. The first-order chi connectivity index (χ1) is 12.4. The molecular formula is C18H13ClF2N4O. The molecule has 0 aliphatic rings. The molecule has 2 N–H and O–H groups in total. The van der Waals surface area contributed by atoms with Gasteiger partial charge in [0, 0.05) is 23.0 Å². The van der Waals surface area contributed by atoms with E-state index in [0.29, 0.717) is 10.7 Å². The minimum atomic E-state index is -0.794. The van der Waals surface area contributed by atoms with Crippen LogP contribution < -0.4 is 10.6 Å². The molecule has 1 heterocycles. The van der Waals surface area contributed by atoms with Crippen LogP contribution in [0.25, 0.3) is 0 Å². The molecule has 3 aromatic rings. The van der Waals surface area contributed by atoms with Gasteiger partial charge in [0.25, 0.3) is 5.91 Å². The summed E-state index contributed by atoms with van der Waals surface area (Å²) in [5.41, 5.74) is 1.46. The van der Waals surface area contributed by atoms with Crippen molar-refractivity contribution in [3.63, 3.8) is 0 Å². The van der Waals surface area contributed by atoms with Crippen LogP contribution in [0.3, 0.4) is 0 Å². The zero-order valence-corrected chi connectivity index (χ0v) is 14.3. The molecule has 2 aromatic carbocycles. The van der Waals surface area contributed by atoms with E-state index in [-0.39, 0.29) is 17.3 Å². The molecule has 26 heavy (non-hydrogen) atoms. The smallest absolute Gasteiger partial charge is 0.274 e. The first-order valence-electron chi connectivity index (χ1n) is 7.55. The zero-order valence-electron chi connectivity index (χ0n) is 13.6. The van der Waals surface area contributed by atoms with E-state index in [1.165, 1.54) is 18.3 Å². The fourth-order valence-electron chi connectivity index (χ4n) is 2.17. The van der Waals surface area contributed by atoms with Gasteiger partial charge in [-0.3, -0.25) is 4.79 Å². The monoisotopic (exact) mass is 374 g/mol. The molecule has 0 spiro atoms. The molecule has 3 rings (SSSR count). The number of aromatic nitrogens is 2. The first-order valence-corrected chi connectivity index (χ1v) is 7.93. The van der Waals surface area contributed by atoms with Crippen LogP contribution in [0, 0.1) is 18.6 Å². The third kappa shape index (κ3) is 4.12. The average molecular weight is 375 g/mol. The van der Waals surface area contributed by atoms with Crippen LogP contribution in [-0.4, -0.2) is 15.9 Å². The third-order valence-corrected chi connectivity index (χ3v) is 3.75. The van der Waals surface area contributed by atoms with Gasteiger partial charge in [-0.2, -0.15) is 0 Å². The zero-order chi connectivity index (χ0) is 18.7. The number of carbonyl (C=O) groups is 1. The Labute approximate surface area is 153 Å². The van der Waals surface area contributed by atoms with E-state index >= 15 is 0 Å². The number of aryl methyl sites for hydroxylation is 1. The van der Waals surface area contributed by atoms with Crippen LogP contribution >= 0.6 is 11.6 Å².